The third-order valence-electron chi connectivity index (χ3n) is 5.94. The minimum atomic E-state index is -0.00152. The van der Waals surface area contributed by atoms with Crippen molar-refractivity contribution in [3.8, 4) is 0 Å². The van der Waals surface area contributed by atoms with E-state index in [-0.39, 0.29) is 10.7 Å². The minimum Gasteiger partial charge on any atom is -0.298 e. The van der Waals surface area contributed by atoms with Gasteiger partial charge in [0, 0.05) is 10.3 Å². The molecule has 22 heavy (non-hydrogen) atoms. The molecule has 1 unspecified atom stereocenters. The van der Waals surface area contributed by atoms with Crippen LogP contribution in [0, 0.1) is 10.8 Å². The normalized spacial score (nSPS) is 34.6. The number of benzene rings is 1. The van der Waals surface area contributed by atoms with E-state index in [2.05, 4.69) is 38.1 Å². The van der Waals surface area contributed by atoms with Gasteiger partial charge in [-0.25, -0.2) is 0 Å². The molecule has 3 aliphatic rings. The highest BCUT2D eigenvalue weighted by atomic mass is 32.2. The number of fused-ring (bicyclic) bond motifs is 4. The van der Waals surface area contributed by atoms with Crippen molar-refractivity contribution in [2.24, 2.45) is 10.8 Å². The topological polar surface area (TPSA) is 17.1 Å². The fourth-order valence-corrected chi connectivity index (χ4v) is 5.80. The van der Waals surface area contributed by atoms with Crippen LogP contribution >= 0.6 is 11.8 Å². The van der Waals surface area contributed by atoms with Gasteiger partial charge in [0.15, 0.2) is 5.78 Å². The molecule has 0 amide bonds. The van der Waals surface area contributed by atoms with E-state index in [9.17, 15) is 4.79 Å². The van der Waals surface area contributed by atoms with Crippen molar-refractivity contribution in [2.45, 2.75) is 75.4 Å². The van der Waals surface area contributed by atoms with Gasteiger partial charge in [-0.1, -0.05) is 44.9 Å². The van der Waals surface area contributed by atoms with Gasteiger partial charge in [0.2, 0.25) is 0 Å². The number of Topliss-reactive ketones (excluding diaryl/α,β-unsaturated/α-hetero) is 1. The Morgan fingerprint density at radius 1 is 1.14 bits per heavy atom. The van der Waals surface area contributed by atoms with Crippen LogP contribution in [-0.4, -0.2) is 11.0 Å². The van der Waals surface area contributed by atoms with Crippen LogP contribution < -0.4 is 0 Å². The Labute approximate surface area is 139 Å². The van der Waals surface area contributed by atoms with E-state index in [1.807, 2.05) is 17.8 Å². The first-order valence-electron chi connectivity index (χ1n) is 8.83. The van der Waals surface area contributed by atoms with Gasteiger partial charge >= 0.3 is 0 Å². The molecule has 0 radical (unpaired) electrons. The fourth-order valence-electron chi connectivity index (χ4n) is 4.31. The molecule has 0 aromatic heterocycles. The first-order chi connectivity index (χ1) is 10.6. The third kappa shape index (κ3) is 3.13. The molecule has 1 aromatic rings. The SMILES string of the molecule is CCCCC12CCC(C)(CC1)CC(Sc1ccccc1)C2=O. The van der Waals surface area contributed by atoms with E-state index in [1.54, 1.807) is 0 Å². The number of thioether (sulfide) groups is 1. The van der Waals surface area contributed by atoms with Crippen LogP contribution in [-0.2, 0) is 4.79 Å². The van der Waals surface area contributed by atoms with E-state index >= 15 is 0 Å². The molecule has 2 heteroatoms. The molecule has 0 saturated heterocycles. The number of unbranched alkanes of at least 4 members (excludes halogenated alkanes) is 1. The van der Waals surface area contributed by atoms with Gasteiger partial charge in [-0.3, -0.25) is 4.79 Å². The number of rotatable bonds is 5. The maximum atomic E-state index is 13.4. The first kappa shape index (κ1) is 16.1. The fraction of sp³-hybridized carbons (Fsp3) is 0.650. The molecule has 120 valence electrons. The second-order valence-corrected chi connectivity index (χ2v) is 8.96. The summed E-state index contributed by atoms with van der Waals surface area (Å²) in [5, 5.41) is 0.161. The maximum absolute atomic E-state index is 13.4. The van der Waals surface area contributed by atoms with Crippen LogP contribution in [0.15, 0.2) is 35.2 Å². The summed E-state index contributed by atoms with van der Waals surface area (Å²) < 4.78 is 0. The van der Waals surface area contributed by atoms with E-state index in [0.29, 0.717) is 11.2 Å². The lowest BCUT2D eigenvalue weighted by molar-refractivity contribution is -0.129. The van der Waals surface area contributed by atoms with Crippen LogP contribution in [0.5, 0.6) is 0 Å². The average Bonchev–Trinajstić information content (AvgIpc) is 2.70. The Bertz CT molecular complexity index is 514. The molecule has 2 bridgehead atoms. The Morgan fingerprint density at radius 3 is 2.45 bits per heavy atom. The summed E-state index contributed by atoms with van der Waals surface area (Å²) in [5.74, 6) is 0.566. The van der Waals surface area contributed by atoms with Crippen molar-refractivity contribution in [1.82, 2.24) is 0 Å². The molecule has 0 spiro atoms. The van der Waals surface area contributed by atoms with Gasteiger partial charge in [0.05, 0.1) is 5.25 Å². The highest BCUT2D eigenvalue weighted by Crippen LogP contribution is 2.56. The van der Waals surface area contributed by atoms with Gasteiger partial charge in [-0.2, -0.15) is 0 Å². The van der Waals surface area contributed by atoms with Crippen LogP contribution in [0.25, 0.3) is 0 Å². The molecule has 1 aromatic carbocycles. The van der Waals surface area contributed by atoms with Crippen molar-refractivity contribution in [2.75, 3.05) is 0 Å². The van der Waals surface area contributed by atoms with Gasteiger partial charge < -0.3 is 0 Å². The number of hydrogen-bond acceptors (Lipinski definition) is 2. The summed E-state index contributed by atoms with van der Waals surface area (Å²) in [6.07, 6.45) is 9.34. The maximum Gasteiger partial charge on any atom is 0.152 e. The number of ketones is 1. The average molecular weight is 317 g/mol. The van der Waals surface area contributed by atoms with Crippen molar-refractivity contribution in [1.29, 1.82) is 0 Å². The summed E-state index contributed by atoms with van der Waals surface area (Å²) in [6, 6.07) is 10.5. The Balaban J connectivity index is 1.84. The minimum absolute atomic E-state index is 0.00152. The Morgan fingerprint density at radius 2 is 1.82 bits per heavy atom. The molecular weight excluding hydrogens is 288 g/mol. The lowest BCUT2D eigenvalue weighted by atomic mass is 9.64. The molecule has 3 saturated carbocycles. The van der Waals surface area contributed by atoms with E-state index < -0.39 is 0 Å². The zero-order chi connectivity index (χ0) is 15.6. The van der Waals surface area contributed by atoms with Gasteiger partial charge in [0.25, 0.3) is 0 Å². The predicted molar refractivity (Wildman–Crippen MR) is 94.2 cm³/mol. The lowest BCUT2D eigenvalue weighted by Gasteiger charge is -2.40. The highest BCUT2D eigenvalue weighted by Gasteiger charge is 2.51. The van der Waals surface area contributed by atoms with E-state index in [1.165, 1.54) is 30.6 Å². The number of hydrogen-bond donors (Lipinski definition) is 0. The van der Waals surface area contributed by atoms with Crippen LogP contribution in [0.1, 0.15) is 65.2 Å². The second kappa shape index (κ2) is 6.39. The van der Waals surface area contributed by atoms with E-state index in [0.717, 1.165) is 25.7 Å². The highest BCUT2D eigenvalue weighted by molar-refractivity contribution is 8.00. The Kier molecular flexibility index (Phi) is 4.68. The smallest absolute Gasteiger partial charge is 0.152 e. The zero-order valence-electron chi connectivity index (χ0n) is 13.9. The molecule has 1 atom stereocenters. The van der Waals surface area contributed by atoms with Gasteiger partial charge in [-0.05, 0) is 56.1 Å². The predicted octanol–water partition coefficient (Wildman–Crippen LogP) is 5.88. The molecule has 0 heterocycles. The number of carbonyl (C=O) groups excluding carboxylic acids is 1. The van der Waals surface area contributed by atoms with Crippen molar-refractivity contribution < 1.29 is 4.79 Å². The van der Waals surface area contributed by atoms with Crippen molar-refractivity contribution in [3.63, 3.8) is 0 Å². The number of carbonyl (C=O) groups is 1. The first-order valence-corrected chi connectivity index (χ1v) is 9.71. The summed E-state index contributed by atoms with van der Waals surface area (Å²) in [7, 11) is 0. The molecule has 1 nitrogen and oxygen atoms in total. The lowest BCUT2D eigenvalue weighted by Crippen LogP contribution is -2.36. The second-order valence-electron chi connectivity index (χ2n) is 7.68. The van der Waals surface area contributed by atoms with Crippen LogP contribution in [0.3, 0.4) is 0 Å². The van der Waals surface area contributed by atoms with Crippen LogP contribution in [0.2, 0.25) is 0 Å². The monoisotopic (exact) mass is 316 g/mol. The molecule has 0 aliphatic heterocycles. The molecule has 3 aliphatic carbocycles. The molecular formula is C20H28OS. The summed E-state index contributed by atoms with van der Waals surface area (Å²) in [5.41, 5.74) is 0.382. The molecule has 0 N–H and O–H groups in total. The quantitative estimate of drug-likeness (QED) is 0.675. The standard InChI is InChI=1S/C20H28OS/c1-3-4-10-20-13-11-19(2,12-14-20)15-17(18(20)21)22-16-8-6-5-7-9-16/h5-9,17H,3-4,10-15H2,1-2H3. The largest absolute Gasteiger partial charge is 0.298 e. The van der Waals surface area contributed by atoms with Gasteiger partial charge in [-0.15, -0.1) is 11.8 Å². The summed E-state index contributed by atoms with van der Waals surface area (Å²) in [6.45, 7) is 4.65. The van der Waals surface area contributed by atoms with Gasteiger partial charge in [0.1, 0.15) is 0 Å². The van der Waals surface area contributed by atoms with Crippen molar-refractivity contribution in [3.05, 3.63) is 30.3 Å². The third-order valence-corrected chi connectivity index (χ3v) is 7.15. The molecule has 3 fully saturated rings. The molecule has 4 rings (SSSR count). The van der Waals surface area contributed by atoms with Crippen LogP contribution in [0.4, 0.5) is 0 Å². The zero-order valence-corrected chi connectivity index (χ0v) is 14.8. The Hall–Kier alpha value is -0.760. The van der Waals surface area contributed by atoms with Crippen molar-refractivity contribution >= 4 is 17.5 Å². The summed E-state index contributed by atoms with van der Waals surface area (Å²) in [4.78, 5) is 14.6. The summed E-state index contributed by atoms with van der Waals surface area (Å²) >= 11 is 1.81. The van der Waals surface area contributed by atoms with E-state index in [4.69, 9.17) is 0 Å².